The van der Waals surface area contributed by atoms with Gasteiger partial charge in [0.2, 0.25) is 5.91 Å². The number of carbonyl (C=O) groups excluding carboxylic acids is 1. The topological polar surface area (TPSA) is 90.3 Å². The molecule has 0 atom stereocenters. The molecule has 0 saturated carbocycles. The van der Waals surface area contributed by atoms with Gasteiger partial charge in [-0.25, -0.2) is 8.42 Å². The Morgan fingerprint density at radius 3 is 2.17 bits per heavy atom. The van der Waals surface area contributed by atoms with Gasteiger partial charge in [0.25, 0.3) is 10.0 Å². The van der Waals surface area contributed by atoms with Crippen LogP contribution in [0, 0.1) is 18.3 Å². The molecular weight excluding hydrogens is 386 g/mol. The fourth-order valence-corrected chi connectivity index (χ4v) is 4.13. The van der Waals surface area contributed by atoms with Crippen molar-refractivity contribution >= 4 is 27.3 Å². The van der Waals surface area contributed by atoms with Crippen LogP contribution in [-0.4, -0.2) is 20.9 Å². The maximum atomic E-state index is 13.2. The zero-order chi connectivity index (χ0) is 20.9. The summed E-state index contributed by atoms with van der Waals surface area (Å²) in [6.07, 6.45) is 0. The second kappa shape index (κ2) is 8.59. The van der Waals surface area contributed by atoms with Crippen molar-refractivity contribution in [3.8, 4) is 6.07 Å². The van der Waals surface area contributed by atoms with E-state index < -0.39 is 15.9 Å². The minimum atomic E-state index is -3.94. The molecule has 6 nitrogen and oxygen atoms in total. The lowest BCUT2D eigenvalue weighted by Gasteiger charge is -2.24. The van der Waals surface area contributed by atoms with Crippen LogP contribution in [0.1, 0.15) is 11.1 Å². The molecule has 29 heavy (non-hydrogen) atoms. The third kappa shape index (κ3) is 4.81. The summed E-state index contributed by atoms with van der Waals surface area (Å²) in [5.74, 6) is -0.491. The second-order valence-corrected chi connectivity index (χ2v) is 8.26. The summed E-state index contributed by atoms with van der Waals surface area (Å²) in [5, 5.41) is 11.5. The fraction of sp³-hybridized carbons (Fsp3) is 0.0909. The number of rotatable bonds is 6. The predicted octanol–water partition coefficient (Wildman–Crippen LogP) is 3.70. The van der Waals surface area contributed by atoms with Crippen LogP contribution in [0.3, 0.4) is 0 Å². The van der Waals surface area contributed by atoms with Gasteiger partial charge in [-0.2, -0.15) is 5.26 Å². The molecule has 0 aliphatic carbocycles. The van der Waals surface area contributed by atoms with Crippen LogP contribution >= 0.6 is 0 Å². The number of carbonyl (C=O) groups is 1. The molecule has 0 aromatic heterocycles. The highest BCUT2D eigenvalue weighted by Crippen LogP contribution is 2.24. The van der Waals surface area contributed by atoms with Crippen LogP contribution in [0.4, 0.5) is 11.4 Å². The summed E-state index contributed by atoms with van der Waals surface area (Å²) in [7, 11) is -3.94. The first-order valence-electron chi connectivity index (χ1n) is 8.84. The van der Waals surface area contributed by atoms with E-state index in [0.717, 1.165) is 9.87 Å². The van der Waals surface area contributed by atoms with Gasteiger partial charge in [-0.15, -0.1) is 0 Å². The molecule has 1 N–H and O–H groups in total. The Bertz CT molecular complexity index is 1130. The minimum Gasteiger partial charge on any atom is -0.325 e. The highest BCUT2D eigenvalue weighted by molar-refractivity contribution is 7.92. The molecular formula is C22H19N3O3S. The van der Waals surface area contributed by atoms with E-state index in [4.69, 9.17) is 5.26 Å². The molecule has 7 heteroatoms. The average molecular weight is 405 g/mol. The Labute approximate surface area is 170 Å². The smallest absolute Gasteiger partial charge is 0.264 e. The van der Waals surface area contributed by atoms with Crippen LogP contribution in [0.2, 0.25) is 0 Å². The van der Waals surface area contributed by atoms with E-state index in [2.05, 4.69) is 5.32 Å². The van der Waals surface area contributed by atoms with Crippen molar-refractivity contribution in [2.24, 2.45) is 0 Å². The number of nitrogens with zero attached hydrogens (tertiary/aromatic N) is 2. The Balaban J connectivity index is 1.89. The standard InChI is InChI=1S/C22H19N3O3S/c1-17-7-13-21(14-8-17)29(27,28)25(20-5-3-2-4-6-20)16-22(26)24-19-11-9-18(15-23)10-12-19/h2-14H,16H2,1H3,(H,24,26). The average Bonchev–Trinajstić information content (AvgIpc) is 2.73. The lowest BCUT2D eigenvalue weighted by atomic mass is 10.2. The quantitative estimate of drug-likeness (QED) is 0.677. The van der Waals surface area contributed by atoms with Crippen molar-refractivity contribution in [1.29, 1.82) is 5.26 Å². The molecule has 146 valence electrons. The van der Waals surface area contributed by atoms with Crippen molar-refractivity contribution in [2.45, 2.75) is 11.8 Å². The SMILES string of the molecule is Cc1ccc(S(=O)(=O)N(CC(=O)Nc2ccc(C#N)cc2)c2ccccc2)cc1. The highest BCUT2D eigenvalue weighted by Gasteiger charge is 2.27. The molecule has 1 amide bonds. The van der Waals surface area contributed by atoms with Crippen molar-refractivity contribution in [3.05, 3.63) is 90.0 Å². The summed E-state index contributed by atoms with van der Waals surface area (Å²) in [6.45, 7) is 1.48. The lowest BCUT2D eigenvalue weighted by Crippen LogP contribution is -2.38. The Morgan fingerprint density at radius 1 is 0.966 bits per heavy atom. The third-order valence-electron chi connectivity index (χ3n) is 4.24. The van der Waals surface area contributed by atoms with Gasteiger partial charge < -0.3 is 5.32 Å². The van der Waals surface area contributed by atoms with Crippen LogP contribution in [0.25, 0.3) is 0 Å². The first-order chi connectivity index (χ1) is 13.9. The number of sulfonamides is 1. The zero-order valence-corrected chi connectivity index (χ0v) is 16.6. The maximum absolute atomic E-state index is 13.2. The van der Waals surface area contributed by atoms with Gasteiger partial charge in [0, 0.05) is 5.69 Å². The van der Waals surface area contributed by atoms with E-state index in [-0.39, 0.29) is 11.4 Å². The van der Waals surface area contributed by atoms with Gasteiger partial charge in [-0.05, 0) is 55.5 Å². The molecule has 0 fully saturated rings. The van der Waals surface area contributed by atoms with Gasteiger partial charge in [0.05, 0.1) is 22.2 Å². The Kier molecular flexibility index (Phi) is 5.96. The van der Waals surface area contributed by atoms with Gasteiger partial charge in [0.1, 0.15) is 6.54 Å². The summed E-state index contributed by atoms with van der Waals surface area (Å²) in [4.78, 5) is 12.7. The molecule has 3 aromatic rings. The predicted molar refractivity (Wildman–Crippen MR) is 112 cm³/mol. The van der Waals surface area contributed by atoms with E-state index in [9.17, 15) is 13.2 Å². The van der Waals surface area contributed by atoms with Crippen LogP contribution in [-0.2, 0) is 14.8 Å². The van der Waals surface area contributed by atoms with E-state index in [1.807, 2.05) is 13.0 Å². The van der Waals surface area contributed by atoms with Crippen molar-refractivity contribution in [2.75, 3.05) is 16.2 Å². The summed E-state index contributed by atoms with van der Waals surface area (Å²) < 4.78 is 27.5. The van der Waals surface area contributed by atoms with E-state index in [0.29, 0.717) is 16.9 Å². The number of anilines is 2. The molecule has 3 rings (SSSR count). The van der Waals surface area contributed by atoms with Crippen LogP contribution < -0.4 is 9.62 Å². The number of hydrogen-bond donors (Lipinski definition) is 1. The van der Waals surface area contributed by atoms with Crippen LogP contribution in [0.15, 0.2) is 83.8 Å². The molecule has 0 saturated heterocycles. The molecule has 0 unspecified atom stereocenters. The highest BCUT2D eigenvalue weighted by atomic mass is 32.2. The number of hydrogen-bond acceptors (Lipinski definition) is 4. The largest absolute Gasteiger partial charge is 0.325 e. The van der Waals surface area contributed by atoms with E-state index in [1.165, 1.54) is 12.1 Å². The fourth-order valence-electron chi connectivity index (χ4n) is 2.71. The van der Waals surface area contributed by atoms with Crippen molar-refractivity contribution < 1.29 is 13.2 Å². The zero-order valence-electron chi connectivity index (χ0n) is 15.7. The van der Waals surface area contributed by atoms with Crippen molar-refractivity contribution in [3.63, 3.8) is 0 Å². The van der Waals surface area contributed by atoms with E-state index in [1.54, 1.807) is 66.7 Å². The molecule has 0 bridgehead atoms. The minimum absolute atomic E-state index is 0.109. The van der Waals surface area contributed by atoms with Gasteiger partial charge >= 0.3 is 0 Å². The number of para-hydroxylation sites is 1. The summed E-state index contributed by atoms with van der Waals surface area (Å²) >= 11 is 0. The first-order valence-corrected chi connectivity index (χ1v) is 10.3. The third-order valence-corrected chi connectivity index (χ3v) is 6.03. The molecule has 0 spiro atoms. The maximum Gasteiger partial charge on any atom is 0.264 e. The molecule has 0 heterocycles. The number of nitriles is 1. The van der Waals surface area contributed by atoms with Gasteiger partial charge in [0.15, 0.2) is 0 Å². The summed E-state index contributed by atoms with van der Waals surface area (Å²) in [5.41, 5.74) is 2.28. The van der Waals surface area contributed by atoms with Crippen LogP contribution in [0.5, 0.6) is 0 Å². The number of benzene rings is 3. The Morgan fingerprint density at radius 2 is 1.59 bits per heavy atom. The van der Waals surface area contributed by atoms with Crippen molar-refractivity contribution in [1.82, 2.24) is 0 Å². The number of aryl methyl sites for hydroxylation is 1. The Hall–Kier alpha value is -3.63. The van der Waals surface area contributed by atoms with Gasteiger partial charge in [-0.1, -0.05) is 35.9 Å². The first kappa shape index (κ1) is 20.1. The molecule has 0 aliphatic rings. The lowest BCUT2D eigenvalue weighted by molar-refractivity contribution is -0.114. The van der Waals surface area contributed by atoms with E-state index >= 15 is 0 Å². The van der Waals surface area contributed by atoms with Gasteiger partial charge in [-0.3, -0.25) is 9.10 Å². The normalized spacial score (nSPS) is 10.8. The summed E-state index contributed by atoms with van der Waals surface area (Å²) in [6, 6.07) is 23.3. The number of amides is 1. The monoisotopic (exact) mass is 405 g/mol. The molecule has 3 aromatic carbocycles. The second-order valence-electron chi connectivity index (χ2n) is 6.40. The molecule has 0 radical (unpaired) electrons. The molecule has 0 aliphatic heterocycles. The number of nitrogens with one attached hydrogen (secondary N) is 1.